The van der Waals surface area contributed by atoms with E-state index in [-0.39, 0.29) is 17.6 Å². The predicted molar refractivity (Wildman–Crippen MR) is 122 cm³/mol. The molecule has 11 heteroatoms. The molecule has 35 heavy (non-hydrogen) atoms. The molecule has 1 N–H and O–H groups in total. The minimum Gasteiger partial charge on any atom is -0.497 e. The van der Waals surface area contributed by atoms with Gasteiger partial charge in [0, 0.05) is 11.3 Å². The van der Waals surface area contributed by atoms with Crippen LogP contribution in [-0.2, 0) is 11.0 Å². The number of anilines is 1. The molecule has 1 atom stereocenters. The summed E-state index contributed by atoms with van der Waals surface area (Å²) in [5.74, 6) is 0.229. The molecule has 0 unspecified atom stereocenters. The Bertz CT molecular complexity index is 1460. The van der Waals surface area contributed by atoms with E-state index in [9.17, 15) is 22.8 Å². The third kappa shape index (κ3) is 4.61. The molecular weight excluding hydrogens is 465 g/mol. The summed E-state index contributed by atoms with van der Waals surface area (Å²) in [5, 5.41) is 11.2. The number of nitrogens with one attached hydrogen (secondary N) is 1. The number of carbonyl (C=O) groups excluding carboxylic acids is 1. The van der Waals surface area contributed by atoms with E-state index < -0.39 is 29.2 Å². The monoisotopic (exact) mass is 486 g/mol. The summed E-state index contributed by atoms with van der Waals surface area (Å²) in [6.07, 6.45) is -4.43. The van der Waals surface area contributed by atoms with Crippen LogP contribution in [0.4, 0.5) is 18.9 Å². The largest absolute Gasteiger partial charge is 0.497 e. The lowest BCUT2D eigenvalue weighted by atomic mass is 10.1. The molecule has 0 aliphatic carbocycles. The van der Waals surface area contributed by atoms with Crippen molar-refractivity contribution in [1.29, 1.82) is 0 Å². The molecule has 8 nitrogen and oxygen atoms in total. The second kappa shape index (κ2) is 9.24. The number of benzene rings is 2. The summed E-state index contributed by atoms with van der Waals surface area (Å²) in [6, 6.07) is 10.1. The van der Waals surface area contributed by atoms with Crippen LogP contribution >= 0.6 is 0 Å². The van der Waals surface area contributed by atoms with Crippen molar-refractivity contribution in [3.8, 4) is 17.0 Å². The highest BCUT2D eigenvalue weighted by Gasteiger charge is 2.31. The van der Waals surface area contributed by atoms with Gasteiger partial charge in [-0.3, -0.25) is 9.59 Å². The van der Waals surface area contributed by atoms with Gasteiger partial charge in [-0.05, 0) is 43.7 Å². The van der Waals surface area contributed by atoms with Crippen molar-refractivity contribution in [3.63, 3.8) is 0 Å². The number of aromatic nitrogens is 3. The number of methoxy groups -OCH3 is 1. The van der Waals surface area contributed by atoms with E-state index in [2.05, 4.69) is 15.6 Å². The average molecular weight is 486 g/mol. The zero-order chi connectivity index (χ0) is 25.3. The van der Waals surface area contributed by atoms with Gasteiger partial charge in [-0.15, -0.1) is 0 Å². The Labute approximate surface area is 197 Å². The number of carbonyl (C=O) groups is 1. The van der Waals surface area contributed by atoms with Crippen LogP contribution in [0.2, 0.25) is 0 Å². The van der Waals surface area contributed by atoms with Crippen molar-refractivity contribution in [3.05, 3.63) is 70.2 Å². The third-order valence-electron chi connectivity index (χ3n) is 5.50. The molecule has 0 aliphatic heterocycles. The highest BCUT2D eigenvalue weighted by Crippen LogP contribution is 2.32. The number of amides is 1. The lowest BCUT2D eigenvalue weighted by Gasteiger charge is -2.18. The lowest BCUT2D eigenvalue weighted by molar-refractivity contribution is -0.137. The van der Waals surface area contributed by atoms with Gasteiger partial charge in [0.05, 0.1) is 18.1 Å². The Balaban J connectivity index is 1.80. The molecule has 0 fully saturated rings. The molecular formula is C24H21F3N4O4. The van der Waals surface area contributed by atoms with Crippen LogP contribution in [0.1, 0.15) is 30.7 Å². The van der Waals surface area contributed by atoms with Gasteiger partial charge >= 0.3 is 6.18 Å². The van der Waals surface area contributed by atoms with Crippen molar-refractivity contribution in [2.75, 3.05) is 12.4 Å². The maximum atomic E-state index is 13.2. The molecule has 4 rings (SSSR count). The van der Waals surface area contributed by atoms with Crippen LogP contribution in [0.15, 0.2) is 57.8 Å². The van der Waals surface area contributed by atoms with Gasteiger partial charge in [-0.1, -0.05) is 30.3 Å². The van der Waals surface area contributed by atoms with Gasteiger partial charge in [0.25, 0.3) is 5.56 Å². The second-order valence-corrected chi connectivity index (χ2v) is 7.78. The van der Waals surface area contributed by atoms with E-state index in [0.29, 0.717) is 28.2 Å². The van der Waals surface area contributed by atoms with E-state index in [0.717, 1.165) is 16.8 Å². The minimum absolute atomic E-state index is 0.0133. The highest BCUT2D eigenvalue weighted by atomic mass is 19.4. The number of hydrogen-bond donors (Lipinski definition) is 1. The summed E-state index contributed by atoms with van der Waals surface area (Å²) < 4.78 is 50.7. The smallest absolute Gasteiger partial charge is 0.416 e. The molecule has 0 radical (unpaired) electrons. The lowest BCUT2D eigenvalue weighted by Crippen LogP contribution is -2.35. The molecule has 1 amide bonds. The van der Waals surface area contributed by atoms with E-state index in [1.807, 2.05) is 0 Å². The zero-order valence-electron chi connectivity index (χ0n) is 19.0. The first kappa shape index (κ1) is 24.0. The molecule has 0 aliphatic rings. The van der Waals surface area contributed by atoms with Crippen LogP contribution in [0, 0.1) is 6.92 Å². The Morgan fingerprint density at radius 2 is 1.94 bits per heavy atom. The summed E-state index contributed by atoms with van der Waals surface area (Å²) in [5.41, 5.74) is -0.679. The van der Waals surface area contributed by atoms with Crippen molar-refractivity contribution in [1.82, 2.24) is 14.9 Å². The quantitative estimate of drug-likeness (QED) is 0.413. The number of ether oxygens (including phenoxy) is 1. The Hall–Kier alpha value is -4.15. The molecule has 2 aromatic carbocycles. The molecule has 2 aromatic heterocycles. The number of aryl methyl sites for hydroxylation is 1. The Morgan fingerprint density at radius 3 is 2.63 bits per heavy atom. The standard InChI is InChI=1S/C24H21F3N4O4/c1-4-18(22(32)28-16-9-6-8-15(12-16)24(25,26)27)31-23(33)21-19(13(2)35-30-21)20(29-31)14-7-5-10-17(11-14)34-3/h5-12,18H,4H2,1-3H3,(H,28,32)/t18-/m1/s1. The fraction of sp³-hybridized carbons (Fsp3) is 0.250. The molecule has 2 heterocycles. The normalized spacial score (nSPS) is 12.5. The number of halogens is 3. The first-order chi connectivity index (χ1) is 16.6. The summed E-state index contributed by atoms with van der Waals surface area (Å²) in [6.45, 7) is 3.30. The van der Waals surface area contributed by atoms with Gasteiger partial charge in [-0.25, -0.2) is 4.68 Å². The molecule has 4 aromatic rings. The van der Waals surface area contributed by atoms with E-state index in [1.165, 1.54) is 19.2 Å². The number of fused-ring (bicyclic) bond motifs is 1. The van der Waals surface area contributed by atoms with Crippen LogP contribution in [-0.4, -0.2) is 28.0 Å². The fourth-order valence-corrected chi connectivity index (χ4v) is 3.76. The van der Waals surface area contributed by atoms with Gasteiger partial charge in [-0.2, -0.15) is 18.3 Å². The van der Waals surface area contributed by atoms with E-state index in [4.69, 9.17) is 9.26 Å². The van der Waals surface area contributed by atoms with Crippen LogP contribution in [0.25, 0.3) is 22.2 Å². The maximum Gasteiger partial charge on any atom is 0.416 e. The van der Waals surface area contributed by atoms with Gasteiger partial charge in [0.1, 0.15) is 23.2 Å². The second-order valence-electron chi connectivity index (χ2n) is 7.78. The van der Waals surface area contributed by atoms with Crippen LogP contribution in [0.5, 0.6) is 5.75 Å². The summed E-state index contributed by atoms with van der Waals surface area (Å²) in [4.78, 5) is 26.3. The minimum atomic E-state index is -4.56. The number of hydrogen-bond acceptors (Lipinski definition) is 6. The van der Waals surface area contributed by atoms with E-state index >= 15 is 0 Å². The van der Waals surface area contributed by atoms with Crippen molar-refractivity contribution in [2.45, 2.75) is 32.5 Å². The van der Waals surface area contributed by atoms with E-state index in [1.54, 1.807) is 38.1 Å². The number of rotatable bonds is 6. The SMILES string of the molecule is CC[C@H](C(=O)Nc1cccc(C(F)(F)F)c1)n1nc(-c2cccc(OC)c2)c2c(C)onc2c1=O. The van der Waals surface area contributed by atoms with Gasteiger partial charge in [0.15, 0.2) is 5.52 Å². The fourth-order valence-electron chi connectivity index (χ4n) is 3.76. The molecule has 182 valence electrons. The predicted octanol–water partition coefficient (Wildman–Crippen LogP) is 4.98. The molecule has 0 saturated carbocycles. The molecule has 0 bridgehead atoms. The number of alkyl halides is 3. The number of nitrogens with zero attached hydrogens (tertiary/aromatic N) is 3. The molecule has 0 spiro atoms. The molecule has 0 saturated heterocycles. The van der Waals surface area contributed by atoms with Crippen molar-refractivity contribution in [2.24, 2.45) is 0 Å². The van der Waals surface area contributed by atoms with Gasteiger partial charge in [0.2, 0.25) is 5.91 Å². The first-order valence-corrected chi connectivity index (χ1v) is 10.7. The van der Waals surface area contributed by atoms with Crippen molar-refractivity contribution >= 4 is 22.5 Å². The van der Waals surface area contributed by atoms with Crippen LogP contribution in [0.3, 0.4) is 0 Å². The first-order valence-electron chi connectivity index (χ1n) is 10.7. The highest BCUT2D eigenvalue weighted by molar-refractivity contribution is 5.95. The van der Waals surface area contributed by atoms with Gasteiger partial charge < -0.3 is 14.6 Å². The topological polar surface area (TPSA) is 99.2 Å². The average Bonchev–Trinajstić information content (AvgIpc) is 3.22. The van der Waals surface area contributed by atoms with Crippen LogP contribution < -0.4 is 15.6 Å². The summed E-state index contributed by atoms with van der Waals surface area (Å²) >= 11 is 0. The zero-order valence-corrected chi connectivity index (χ0v) is 19.0. The maximum absolute atomic E-state index is 13.2. The third-order valence-corrected chi connectivity index (χ3v) is 5.50. The van der Waals surface area contributed by atoms with Crippen molar-refractivity contribution < 1.29 is 27.2 Å². The summed E-state index contributed by atoms with van der Waals surface area (Å²) in [7, 11) is 1.51. The Morgan fingerprint density at radius 1 is 1.20 bits per heavy atom. The Kier molecular flexibility index (Phi) is 6.33.